The zero-order valence-corrected chi connectivity index (χ0v) is 9.93. The van der Waals surface area contributed by atoms with Crippen molar-refractivity contribution < 1.29 is 43.9 Å². The van der Waals surface area contributed by atoms with Crippen LogP contribution in [0, 0.1) is 0 Å². The van der Waals surface area contributed by atoms with Gasteiger partial charge in [-0.3, -0.25) is 9.36 Å². The van der Waals surface area contributed by atoms with Crippen LogP contribution < -0.4 is 5.73 Å². The Morgan fingerprint density at radius 1 is 1.44 bits per heavy atom. The third kappa shape index (κ3) is 2.42. The predicted octanol–water partition coefficient (Wildman–Crippen LogP) is -3.57. The summed E-state index contributed by atoms with van der Waals surface area (Å²) in [4.78, 5) is 29.3. The van der Waals surface area contributed by atoms with Crippen molar-refractivity contribution in [2.45, 2.75) is 23.8 Å². The van der Waals surface area contributed by atoms with Gasteiger partial charge in [0.1, 0.15) is 12.2 Å². The van der Waals surface area contributed by atoms with Gasteiger partial charge in [-0.2, -0.15) is 0 Å². The average molecular weight is 287 g/mol. The molecule has 1 saturated heterocycles. The van der Waals surface area contributed by atoms with Gasteiger partial charge in [-0.15, -0.1) is 0 Å². The summed E-state index contributed by atoms with van der Waals surface area (Å²) < 4.78 is 20.3. The van der Waals surface area contributed by atoms with Crippen LogP contribution in [0.3, 0.4) is 0 Å². The minimum absolute atomic E-state index is 0.711. The normalized spacial score (nSPS) is 36.7. The van der Waals surface area contributed by atoms with Crippen LogP contribution in [0.2, 0.25) is 0 Å². The number of nitrogens with two attached hydrogens (primary N) is 1. The SMILES string of the molecule is NCC(=O)OC1(P(=O)(O)O)O[C@H](CO)[C@@H](O)[C@H]1O. The van der Waals surface area contributed by atoms with E-state index >= 15 is 0 Å². The van der Waals surface area contributed by atoms with Gasteiger partial charge in [0.15, 0.2) is 6.10 Å². The minimum Gasteiger partial charge on any atom is -0.417 e. The van der Waals surface area contributed by atoms with E-state index in [0.29, 0.717) is 0 Å². The first-order valence-corrected chi connectivity index (χ1v) is 6.43. The highest BCUT2D eigenvalue weighted by Gasteiger charge is 2.67. The average Bonchev–Trinajstić information content (AvgIpc) is 2.53. The molecule has 7 N–H and O–H groups in total. The lowest BCUT2D eigenvalue weighted by molar-refractivity contribution is -0.215. The standard InChI is InChI=1S/C7H14NO9P/c8-1-4(10)17-7(18(13,14)15)6(12)5(11)3(2-9)16-7/h3,5-6,9,11-12H,1-2,8H2,(H2,13,14,15)/t3-,5-,6-,7?/m1/s1. The number of carbonyl (C=O) groups is 1. The largest absolute Gasteiger partial charge is 0.417 e. The third-order valence-electron chi connectivity index (χ3n) is 2.41. The molecule has 1 rings (SSSR count). The van der Waals surface area contributed by atoms with Crippen LogP contribution in [0.15, 0.2) is 0 Å². The van der Waals surface area contributed by atoms with Crippen molar-refractivity contribution in [1.29, 1.82) is 0 Å². The molecule has 106 valence electrons. The fourth-order valence-corrected chi connectivity index (χ4v) is 2.50. The number of carbonyl (C=O) groups excluding carboxylic acids is 1. The quantitative estimate of drug-likeness (QED) is 0.223. The van der Waals surface area contributed by atoms with Gasteiger partial charge in [0, 0.05) is 0 Å². The fraction of sp³-hybridized carbons (Fsp3) is 0.857. The van der Waals surface area contributed by atoms with E-state index in [-0.39, 0.29) is 0 Å². The number of aliphatic hydroxyl groups is 3. The van der Waals surface area contributed by atoms with Gasteiger partial charge in [0.05, 0.1) is 13.2 Å². The molecule has 0 aromatic rings. The molecule has 0 radical (unpaired) electrons. The molecule has 1 fully saturated rings. The highest BCUT2D eigenvalue weighted by atomic mass is 31.2. The van der Waals surface area contributed by atoms with E-state index in [1.165, 1.54) is 0 Å². The molecule has 18 heavy (non-hydrogen) atoms. The smallest absolute Gasteiger partial charge is 0.400 e. The first kappa shape index (κ1) is 15.5. The second kappa shape index (κ2) is 5.19. The molecule has 0 aromatic carbocycles. The number of hydrogen-bond acceptors (Lipinski definition) is 8. The van der Waals surface area contributed by atoms with E-state index in [1.54, 1.807) is 0 Å². The van der Waals surface area contributed by atoms with E-state index < -0.39 is 50.6 Å². The monoisotopic (exact) mass is 287 g/mol. The fourth-order valence-electron chi connectivity index (χ4n) is 1.51. The Morgan fingerprint density at radius 2 is 2.00 bits per heavy atom. The van der Waals surface area contributed by atoms with E-state index in [2.05, 4.69) is 9.47 Å². The number of esters is 1. The molecule has 11 heteroatoms. The summed E-state index contributed by atoms with van der Waals surface area (Å²) in [7, 11) is -5.30. The molecule has 0 saturated carbocycles. The van der Waals surface area contributed by atoms with Crippen LogP contribution >= 0.6 is 7.60 Å². The Labute approximate surface area is 101 Å². The number of rotatable bonds is 4. The van der Waals surface area contributed by atoms with Gasteiger partial charge in [0.2, 0.25) is 0 Å². The summed E-state index contributed by atoms with van der Waals surface area (Å²) in [6.45, 7) is -1.54. The van der Waals surface area contributed by atoms with E-state index in [9.17, 15) is 19.6 Å². The first-order valence-electron chi connectivity index (χ1n) is 4.82. The van der Waals surface area contributed by atoms with E-state index in [0.717, 1.165) is 0 Å². The van der Waals surface area contributed by atoms with Crippen LogP contribution in [0.5, 0.6) is 0 Å². The van der Waals surface area contributed by atoms with Gasteiger partial charge in [-0.25, -0.2) is 0 Å². The molecule has 0 amide bonds. The Morgan fingerprint density at radius 3 is 2.33 bits per heavy atom. The Kier molecular flexibility index (Phi) is 4.47. The third-order valence-corrected chi connectivity index (χ3v) is 3.68. The van der Waals surface area contributed by atoms with Crippen molar-refractivity contribution in [3.63, 3.8) is 0 Å². The summed E-state index contributed by atoms with van der Waals surface area (Å²) in [5, 5.41) is 27.9. The minimum atomic E-state index is -5.30. The second-order valence-corrected chi connectivity index (χ2v) is 5.34. The molecule has 1 aliphatic heterocycles. The van der Waals surface area contributed by atoms with Crippen LogP contribution in [0.25, 0.3) is 0 Å². The lowest BCUT2D eigenvalue weighted by atomic mass is 10.1. The number of ether oxygens (including phenoxy) is 2. The van der Waals surface area contributed by atoms with Gasteiger partial charge in [-0.05, 0) is 0 Å². The topological polar surface area (TPSA) is 180 Å². The van der Waals surface area contributed by atoms with Crippen LogP contribution in [-0.4, -0.2) is 68.1 Å². The van der Waals surface area contributed by atoms with Crippen molar-refractivity contribution in [3.05, 3.63) is 0 Å². The van der Waals surface area contributed by atoms with E-state index in [1.807, 2.05) is 0 Å². The summed E-state index contributed by atoms with van der Waals surface area (Å²) in [5.74, 6) is -1.25. The molecule has 10 nitrogen and oxygen atoms in total. The van der Waals surface area contributed by atoms with Crippen molar-refractivity contribution in [2.75, 3.05) is 13.2 Å². The van der Waals surface area contributed by atoms with Crippen molar-refractivity contribution >= 4 is 13.6 Å². The van der Waals surface area contributed by atoms with Gasteiger partial charge in [0.25, 0.3) is 0 Å². The molecule has 0 bridgehead atoms. The maximum Gasteiger partial charge on any atom is 0.400 e. The van der Waals surface area contributed by atoms with Crippen molar-refractivity contribution in [3.8, 4) is 0 Å². The highest BCUT2D eigenvalue weighted by Crippen LogP contribution is 2.58. The number of aliphatic hydroxyl groups excluding tert-OH is 3. The predicted molar refractivity (Wildman–Crippen MR) is 53.9 cm³/mol. The molecule has 1 heterocycles. The summed E-state index contributed by atoms with van der Waals surface area (Å²) in [6.07, 6.45) is -5.54. The zero-order chi connectivity index (χ0) is 14.1. The second-order valence-electron chi connectivity index (χ2n) is 3.63. The molecule has 0 aliphatic carbocycles. The van der Waals surface area contributed by atoms with E-state index in [4.69, 9.17) is 20.6 Å². The van der Waals surface area contributed by atoms with Crippen LogP contribution in [-0.2, 0) is 18.8 Å². The molecular formula is C7H14NO9P. The lowest BCUT2D eigenvalue weighted by Crippen LogP contribution is -2.47. The van der Waals surface area contributed by atoms with Gasteiger partial charge < -0.3 is 40.3 Å². The Balaban J connectivity index is 3.15. The molecular weight excluding hydrogens is 273 g/mol. The maximum absolute atomic E-state index is 11.3. The van der Waals surface area contributed by atoms with Crippen molar-refractivity contribution in [1.82, 2.24) is 0 Å². The molecule has 4 atom stereocenters. The van der Waals surface area contributed by atoms with Gasteiger partial charge >= 0.3 is 19.1 Å². The summed E-state index contributed by atoms with van der Waals surface area (Å²) in [5.41, 5.74) is 1.86. The molecule has 0 aromatic heterocycles. The summed E-state index contributed by atoms with van der Waals surface area (Å²) in [6, 6.07) is 0. The van der Waals surface area contributed by atoms with Crippen LogP contribution in [0.4, 0.5) is 0 Å². The first-order chi connectivity index (χ1) is 8.19. The lowest BCUT2D eigenvalue weighted by Gasteiger charge is -2.31. The van der Waals surface area contributed by atoms with Crippen LogP contribution in [0.1, 0.15) is 0 Å². The highest BCUT2D eigenvalue weighted by molar-refractivity contribution is 7.53. The number of hydrogen-bond donors (Lipinski definition) is 6. The maximum atomic E-state index is 11.3. The zero-order valence-electron chi connectivity index (χ0n) is 9.04. The molecule has 1 aliphatic rings. The van der Waals surface area contributed by atoms with Gasteiger partial charge in [-0.1, -0.05) is 0 Å². The Bertz CT molecular complexity index is 370. The molecule has 0 spiro atoms. The molecule has 1 unspecified atom stereocenters. The van der Waals surface area contributed by atoms with Crippen molar-refractivity contribution in [2.24, 2.45) is 5.73 Å². The Hall–Kier alpha value is -0.580. The summed E-state index contributed by atoms with van der Waals surface area (Å²) >= 11 is 0.